The number of unbranched alkanes of at least 4 members (excludes halogenated alkanes) is 15. The van der Waals surface area contributed by atoms with Crippen molar-refractivity contribution in [3.8, 4) is 0 Å². The average molecular weight is 460 g/mol. The number of hydrogen-bond acceptors (Lipinski definition) is 4. The molecule has 5 nitrogen and oxygen atoms in total. The van der Waals surface area contributed by atoms with E-state index in [0.717, 1.165) is 25.9 Å². The van der Waals surface area contributed by atoms with Gasteiger partial charge in [0.15, 0.2) is 0 Å². The van der Waals surface area contributed by atoms with Crippen LogP contribution in [0.1, 0.15) is 123 Å². The Morgan fingerprint density at radius 3 is 1.19 bits per heavy atom. The molecule has 0 fully saturated rings. The molecule has 0 atom stereocenters. The molecule has 0 saturated carbocycles. The van der Waals surface area contributed by atoms with Gasteiger partial charge in [-0.3, -0.25) is 0 Å². The van der Waals surface area contributed by atoms with Crippen molar-refractivity contribution >= 4 is 0 Å². The first-order valence-corrected chi connectivity index (χ1v) is 14.1. The first kappa shape index (κ1) is 31.8. The summed E-state index contributed by atoms with van der Waals surface area (Å²) < 4.78 is 0.600. The Kier molecular flexibility index (Phi) is 23.8. The molecule has 3 N–H and O–H groups in total. The average Bonchev–Trinajstić information content (AvgIpc) is 2.78. The Morgan fingerprint density at radius 2 is 0.844 bits per heavy atom. The van der Waals surface area contributed by atoms with Gasteiger partial charge < -0.3 is 15.3 Å². The van der Waals surface area contributed by atoms with Gasteiger partial charge in [0.1, 0.15) is 13.1 Å². The summed E-state index contributed by atoms with van der Waals surface area (Å²) in [4.78, 5) is 0. The van der Waals surface area contributed by atoms with Gasteiger partial charge in [0.05, 0.1) is 32.9 Å². The summed E-state index contributed by atoms with van der Waals surface area (Å²) in [7, 11) is 0. The number of nitrogens with zero attached hydrogens (tertiary/aromatic N) is 2. The van der Waals surface area contributed by atoms with Gasteiger partial charge in [-0.1, -0.05) is 110 Å². The van der Waals surface area contributed by atoms with Crippen LogP contribution in [0.3, 0.4) is 0 Å². The first-order valence-electron chi connectivity index (χ1n) is 14.1. The lowest BCUT2D eigenvalue weighted by molar-refractivity contribution is -1.03. The lowest BCUT2D eigenvalue weighted by atomic mass is 10.0. The highest BCUT2D eigenvalue weighted by atomic mass is 16.3. The molecule has 0 unspecified atom stereocenters. The Balaban J connectivity index is 3.84. The van der Waals surface area contributed by atoms with Gasteiger partial charge in [0.2, 0.25) is 0 Å². The van der Waals surface area contributed by atoms with Crippen molar-refractivity contribution in [2.24, 2.45) is 0 Å². The normalized spacial score (nSPS) is 12.2. The van der Waals surface area contributed by atoms with Crippen LogP contribution in [0.5, 0.6) is 0 Å². The number of aliphatic hydroxyl groups excluding tert-OH is 3. The van der Waals surface area contributed by atoms with Gasteiger partial charge in [-0.25, -0.2) is 4.59 Å². The summed E-state index contributed by atoms with van der Waals surface area (Å²) in [5, 5.41) is 31.1. The maximum absolute atomic E-state index is 9.60. The van der Waals surface area contributed by atoms with E-state index >= 15 is 0 Å². The van der Waals surface area contributed by atoms with Crippen molar-refractivity contribution in [2.45, 2.75) is 123 Å². The van der Waals surface area contributed by atoms with Gasteiger partial charge in [0, 0.05) is 6.54 Å². The maximum Gasteiger partial charge on any atom is 0.120 e. The molecule has 194 valence electrons. The van der Waals surface area contributed by atoms with Crippen LogP contribution < -0.4 is 0 Å². The second-order valence-electron chi connectivity index (χ2n) is 9.69. The molecule has 0 heterocycles. The molecule has 0 amide bonds. The van der Waals surface area contributed by atoms with E-state index in [4.69, 9.17) is 0 Å². The molecule has 0 radical (unpaired) electrons. The quantitative estimate of drug-likeness (QED) is 0.0886. The van der Waals surface area contributed by atoms with Gasteiger partial charge >= 0.3 is 0 Å². The topological polar surface area (TPSA) is 63.9 Å². The molecule has 0 rings (SSSR count). The third-order valence-corrected chi connectivity index (χ3v) is 6.90. The largest absolute Gasteiger partial charge is 0.395 e. The van der Waals surface area contributed by atoms with Crippen molar-refractivity contribution in [1.29, 1.82) is 0 Å². The van der Waals surface area contributed by atoms with Crippen LogP contribution in [0, 0.1) is 0 Å². The molecule has 32 heavy (non-hydrogen) atoms. The van der Waals surface area contributed by atoms with E-state index in [2.05, 4.69) is 18.9 Å². The van der Waals surface area contributed by atoms with Crippen molar-refractivity contribution < 1.29 is 19.9 Å². The number of hydrogen-bond donors (Lipinski definition) is 3. The highest BCUT2D eigenvalue weighted by Crippen LogP contribution is 2.17. The molecule has 0 aromatic carbocycles. The molecule has 0 aliphatic carbocycles. The van der Waals surface area contributed by atoms with E-state index in [1.807, 2.05) is 0 Å². The second-order valence-corrected chi connectivity index (χ2v) is 9.69. The maximum atomic E-state index is 9.60. The molecule has 0 saturated heterocycles. The summed E-state index contributed by atoms with van der Waals surface area (Å²) in [6, 6.07) is 0. The van der Waals surface area contributed by atoms with Crippen molar-refractivity contribution in [1.82, 2.24) is 5.01 Å². The van der Waals surface area contributed by atoms with Crippen molar-refractivity contribution in [3.63, 3.8) is 0 Å². The number of rotatable bonds is 26. The molecule has 5 heteroatoms. The van der Waals surface area contributed by atoms with Crippen molar-refractivity contribution in [3.05, 3.63) is 0 Å². The minimum absolute atomic E-state index is 0.112. The SMILES string of the molecule is CCCCCCCCCCCCCCCCCCN(CCO)[N+](CCC)(CCO)CCO. The van der Waals surface area contributed by atoms with E-state index in [1.54, 1.807) is 0 Å². The van der Waals surface area contributed by atoms with Crippen LogP contribution in [-0.2, 0) is 0 Å². The van der Waals surface area contributed by atoms with E-state index < -0.39 is 0 Å². The van der Waals surface area contributed by atoms with Crippen LogP contribution in [0.2, 0.25) is 0 Å². The van der Waals surface area contributed by atoms with Gasteiger partial charge in [-0.05, 0) is 12.8 Å². The molecule has 0 aromatic rings. The highest BCUT2D eigenvalue weighted by molar-refractivity contribution is 4.54. The molecule has 0 aromatic heterocycles. The summed E-state index contributed by atoms with van der Waals surface area (Å²) in [5.41, 5.74) is 0. The van der Waals surface area contributed by atoms with Gasteiger partial charge in [-0.15, -0.1) is 0 Å². The summed E-state index contributed by atoms with van der Waals surface area (Å²) in [5.74, 6) is 0. The lowest BCUT2D eigenvalue weighted by Gasteiger charge is -2.45. The van der Waals surface area contributed by atoms with E-state index in [9.17, 15) is 15.3 Å². The minimum atomic E-state index is 0.112. The third kappa shape index (κ3) is 16.4. The predicted molar refractivity (Wildman–Crippen MR) is 138 cm³/mol. The number of aliphatic hydroxyl groups is 3. The number of quaternary nitrogens is 1. The lowest BCUT2D eigenvalue weighted by Crippen LogP contribution is -2.63. The molecule has 0 aliphatic rings. The Morgan fingerprint density at radius 1 is 0.438 bits per heavy atom. The monoisotopic (exact) mass is 459 g/mol. The summed E-state index contributed by atoms with van der Waals surface area (Å²) >= 11 is 0. The zero-order valence-corrected chi connectivity index (χ0v) is 21.9. The van der Waals surface area contributed by atoms with Crippen LogP contribution in [-0.4, -0.2) is 77.5 Å². The van der Waals surface area contributed by atoms with Crippen molar-refractivity contribution in [2.75, 3.05) is 52.5 Å². The Hall–Kier alpha value is -0.200. The Labute approximate surface area is 200 Å². The first-order chi connectivity index (χ1) is 15.7. The molecular weight excluding hydrogens is 400 g/mol. The zero-order valence-electron chi connectivity index (χ0n) is 21.9. The molecule has 0 aliphatic heterocycles. The molecule has 0 bridgehead atoms. The predicted octanol–water partition coefficient (Wildman–Crippen LogP) is 5.67. The van der Waals surface area contributed by atoms with Gasteiger partial charge in [-0.2, -0.15) is 5.01 Å². The highest BCUT2D eigenvalue weighted by Gasteiger charge is 2.33. The summed E-state index contributed by atoms with van der Waals surface area (Å²) in [6.07, 6.45) is 22.9. The van der Waals surface area contributed by atoms with Crippen LogP contribution in [0.15, 0.2) is 0 Å². The zero-order chi connectivity index (χ0) is 23.8. The van der Waals surface area contributed by atoms with Crippen LogP contribution >= 0.6 is 0 Å². The molecule has 0 spiro atoms. The standard InChI is InChI=1S/C27H59N2O3/c1-3-5-6-7-8-9-10-11-12-13-14-15-16-17-18-19-20-28(21-25-30)29(22-4-2,23-26-31)24-27-32/h30-32H,3-27H2,1-2H3/q+1. The van der Waals surface area contributed by atoms with E-state index in [1.165, 1.54) is 96.3 Å². The third-order valence-electron chi connectivity index (χ3n) is 6.90. The van der Waals surface area contributed by atoms with E-state index in [0.29, 0.717) is 24.2 Å². The smallest absolute Gasteiger partial charge is 0.120 e. The summed E-state index contributed by atoms with van der Waals surface area (Å²) in [6.45, 7) is 8.46. The van der Waals surface area contributed by atoms with Crippen LogP contribution in [0.25, 0.3) is 0 Å². The second kappa shape index (κ2) is 23.9. The Bertz CT molecular complexity index is 352. The fraction of sp³-hybridized carbons (Fsp3) is 1.00. The van der Waals surface area contributed by atoms with E-state index in [-0.39, 0.29) is 19.8 Å². The fourth-order valence-electron chi connectivity index (χ4n) is 5.04. The fourth-order valence-corrected chi connectivity index (χ4v) is 5.04. The minimum Gasteiger partial charge on any atom is -0.395 e. The molecular formula is C27H59N2O3+. The van der Waals surface area contributed by atoms with Gasteiger partial charge in [0.25, 0.3) is 0 Å². The van der Waals surface area contributed by atoms with Crippen LogP contribution in [0.4, 0.5) is 0 Å².